The molecule has 1 unspecified atom stereocenters. The zero-order valence-corrected chi connectivity index (χ0v) is 8.87. The van der Waals surface area contributed by atoms with Crippen molar-refractivity contribution in [1.29, 1.82) is 0 Å². The first kappa shape index (κ1) is 11.0. The fourth-order valence-corrected chi connectivity index (χ4v) is 1.82. The number of hydrogen-bond donors (Lipinski definition) is 1. The maximum atomic E-state index is 5.78. The van der Waals surface area contributed by atoms with E-state index < -0.39 is 0 Å². The van der Waals surface area contributed by atoms with Crippen molar-refractivity contribution in [3.05, 3.63) is 42.0 Å². The van der Waals surface area contributed by atoms with Crippen molar-refractivity contribution in [2.45, 2.75) is 25.7 Å². The first-order valence-corrected chi connectivity index (χ1v) is 5.24. The van der Waals surface area contributed by atoms with E-state index in [2.05, 4.69) is 31.7 Å². The van der Waals surface area contributed by atoms with Crippen LogP contribution in [0.1, 0.15) is 36.8 Å². The lowest BCUT2D eigenvalue weighted by molar-refractivity contribution is 0.621. The number of nitrogens with two attached hydrogens (primary N) is 1. The first-order valence-electron chi connectivity index (χ1n) is 5.24. The van der Waals surface area contributed by atoms with Crippen LogP contribution < -0.4 is 5.73 Å². The van der Waals surface area contributed by atoms with Gasteiger partial charge in [0.2, 0.25) is 0 Å². The summed E-state index contributed by atoms with van der Waals surface area (Å²) in [6.07, 6.45) is 4.24. The highest BCUT2D eigenvalue weighted by Gasteiger charge is 2.10. The third kappa shape index (κ3) is 2.46. The molecule has 1 rings (SSSR count). The van der Waals surface area contributed by atoms with E-state index in [9.17, 15) is 0 Å². The van der Waals surface area contributed by atoms with Crippen LogP contribution in [0.5, 0.6) is 0 Å². The van der Waals surface area contributed by atoms with Crippen LogP contribution in [0, 0.1) is 0 Å². The van der Waals surface area contributed by atoms with Gasteiger partial charge in [0.15, 0.2) is 0 Å². The minimum Gasteiger partial charge on any atom is -0.330 e. The van der Waals surface area contributed by atoms with Crippen molar-refractivity contribution in [2.75, 3.05) is 6.54 Å². The van der Waals surface area contributed by atoms with Crippen molar-refractivity contribution in [1.82, 2.24) is 0 Å². The normalized spacial score (nSPS) is 12.4. The number of benzene rings is 1. The minimum absolute atomic E-state index is 0.481. The lowest BCUT2D eigenvalue weighted by Crippen LogP contribution is -2.13. The van der Waals surface area contributed by atoms with Gasteiger partial charge >= 0.3 is 0 Å². The standard InChI is InChI=1S/C13H19N/c1-3-7-12(10-14)13-9-6-5-8-11(13)4-2/h4-6,8-9,12H,2-3,7,10,14H2,1H3. The summed E-state index contributed by atoms with van der Waals surface area (Å²) in [6.45, 7) is 6.74. The van der Waals surface area contributed by atoms with E-state index in [0.717, 1.165) is 13.0 Å². The van der Waals surface area contributed by atoms with Gasteiger partial charge in [0, 0.05) is 0 Å². The molecule has 0 aliphatic rings. The Kier molecular flexibility index (Phi) is 4.41. The molecule has 0 bridgehead atoms. The van der Waals surface area contributed by atoms with Gasteiger partial charge in [0.1, 0.15) is 0 Å². The summed E-state index contributed by atoms with van der Waals surface area (Å²) in [7, 11) is 0. The molecule has 0 saturated carbocycles. The van der Waals surface area contributed by atoms with Gasteiger partial charge in [-0.05, 0) is 30.0 Å². The monoisotopic (exact) mass is 189 g/mol. The molecule has 0 aliphatic carbocycles. The summed E-state index contributed by atoms with van der Waals surface area (Å²) in [5.74, 6) is 0.481. The van der Waals surface area contributed by atoms with Crippen LogP contribution in [0.25, 0.3) is 6.08 Å². The third-order valence-corrected chi connectivity index (χ3v) is 2.58. The molecule has 0 fully saturated rings. The quantitative estimate of drug-likeness (QED) is 0.756. The molecular formula is C13H19N. The molecule has 76 valence electrons. The van der Waals surface area contributed by atoms with E-state index in [1.807, 2.05) is 12.1 Å². The summed E-state index contributed by atoms with van der Waals surface area (Å²) in [6, 6.07) is 8.37. The Hall–Kier alpha value is -1.08. The Balaban J connectivity index is 2.95. The summed E-state index contributed by atoms with van der Waals surface area (Å²) < 4.78 is 0. The number of hydrogen-bond acceptors (Lipinski definition) is 1. The Labute approximate surface area is 86.6 Å². The van der Waals surface area contributed by atoms with Crippen molar-refractivity contribution >= 4 is 6.08 Å². The second-order valence-corrected chi connectivity index (χ2v) is 3.55. The van der Waals surface area contributed by atoms with Crippen LogP contribution in [0.3, 0.4) is 0 Å². The smallest absolute Gasteiger partial charge is 0.000802 e. The molecule has 1 aromatic carbocycles. The average Bonchev–Trinajstić information content (AvgIpc) is 2.26. The fourth-order valence-electron chi connectivity index (χ4n) is 1.82. The van der Waals surface area contributed by atoms with Crippen LogP contribution in [-0.2, 0) is 0 Å². The average molecular weight is 189 g/mol. The second-order valence-electron chi connectivity index (χ2n) is 3.55. The van der Waals surface area contributed by atoms with Crippen molar-refractivity contribution in [3.8, 4) is 0 Å². The highest BCUT2D eigenvalue weighted by atomic mass is 14.5. The van der Waals surface area contributed by atoms with Gasteiger partial charge in [-0.1, -0.05) is 50.3 Å². The van der Waals surface area contributed by atoms with Gasteiger partial charge in [-0.25, -0.2) is 0 Å². The molecule has 1 aromatic rings. The maximum Gasteiger partial charge on any atom is -0.000802 e. The molecule has 1 atom stereocenters. The van der Waals surface area contributed by atoms with Crippen molar-refractivity contribution in [2.24, 2.45) is 5.73 Å². The molecule has 1 nitrogen and oxygen atoms in total. The van der Waals surface area contributed by atoms with Crippen LogP contribution >= 0.6 is 0 Å². The lowest BCUT2D eigenvalue weighted by Gasteiger charge is -2.16. The summed E-state index contributed by atoms with van der Waals surface area (Å²) in [4.78, 5) is 0. The Bertz CT molecular complexity index is 291. The van der Waals surface area contributed by atoms with Crippen LogP contribution in [-0.4, -0.2) is 6.54 Å². The summed E-state index contributed by atoms with van der Waals surface area (Å²) in [5, 5.41) is 0. The highest BCUT2D eigenvalue weighted by Crippen LogP contribution is 2.24. The number of rotatable bonds is 5. The second kappa shape index (κ2) is 5.61. The zero-order valence-electron chi connectivity index (χ0n) is 8.87. The SMILES string of the molecule is C=Cc1ccccc1C(CN)CCC. The molecule has 14 heavy (non-hydrogen) atoms. The van der Waals surface area contributed by atoms with E-state index in [1.165, 1.54) is 17.5 Å². The highest BCUT2D eigenvalue weighted by molar-refractivity contribution is 5.52. The van der Waals surface area contributed by atoms with Gasteiger partial charge in [-0.3, -0.25) is 0 Å². The molecule has 0 aromatic heterocycles. The predicted molar refractivity (Wildman–Crippen MR) is 63.2 cm³/mol. The van der Waals surface area contributed by atoms with Gasteiger partial charge in [0.05, 0.1) is 0 Å². The van der Waals surface area contributed by atoms with Crippen molar-refractivity contribution in [3.63, 3.8) is 0 Å². The van der Waals surface area contributed by atoms with E-state index in [-0.39, 0.29) is 0 Å². The maximum absolute atomic E-state index is 5.78. The zero-order chi connectivity index (χ0) is 10.4. The summed E-state index contributed by atoms with van der Waals surface area (Å²) >= 11 is 0. The first-order chi connectivity index (χ1) is 6.83. The molecule has 1 heteroatoms. The Morgan fingerprint density at radius 3 is 2.71 bits per heavy atom. The van der Waals surface area contributed by atoms with E-state index in [4.69, 9.17) is 5.73 Å². The third-order valence-electron chi connectivity index (χ3n) is 2.58. The molecular weight excluding hydrogens is 170 g/mol. The van der Waals surface area contributed by atoms with Crippen LogP contribution in [0.2, 0.25) is 0 Å². The van der Waals surface area contributed by atoms with Crippen LogP contribution in [0.15, 0.2) is 30.8 Å². The summed E-state index contributed by atoms with van der Waals surface area (Å²) in [5.41, 5.74) is 8.34. The van der Waals surface area contributed by atoms with E-state index in [1.54, 1.807) is 0 Å². The van der Waals surface area contributed by atoms with Gasteiger partial charge in [0.25, 0.3) is 0 Å². The van der Waals surface area contributed by atoms with E-state index >= 15 is 0 Å². The largest absolute Gasteiger partial charge is 0.330 e. The fraction of sp³-hybridized carbons (Fsp3) is 0.385. The van der Waals surface area contributed by atoms with Crippen LogP contribution in [0.4, 0.5) is 0 Å². The van der Waals surface area contributed by atoms with Gasteiger partial charge in [-0.2, -0.15) is 0 Å². The lowest BCUT2D eigenvalue weighted by atomic mass is 9.91. The molecule has 0 amide bonds. The minimum atomic E-state index is 0.481. The van der Waals surface area contributed by atoms with E-state index in [0.29, 0.717) is 5.92 Å². The predicted octanol–water partition coefficient (Wildman–Crippen LogP) is 3.17. The molecule has 0 radical (unpaired) electrons. The topological polar surface area (TPSA) is 26.0 Å². The van der Waals surface area contributed by atoms with Gasteiger partial charge in [-0.15, -0.1) is 0 Å². The molecule has 2 N–H and O–H groups in total. The van der Waals surface area contributed by atoms with Crippen molar-refractivity contribution < 1.29 is 0 Å². The molecule has 0 spiro atoms. The molecule has 0 aliphatic heterocycles. The molecule has 0 saturated heterocycles. The Morgan fingerprint density at radius 2 is 2.14 bits per heavy atom. The Morgan fingerprint density at radius 1 is 1.43 bits per heavy atom. The molecule has 0 heterocycles. The van der Waals surface area contributed by atoms with Gasteiger partial charge < -0.3 is 5.73 Å².